The zero-order valence-electron chi connectivity index (χ0n) is 16.9. The van der Waals surface area contributed by atoms with E-state index < -0.39 is 11.7 Å². The van der Waals surface area contributed by atoms with Crippen LogP contribution in [0.5, 0.6) is 0 Å². The number of hydrogen-bond donors (Lipinski definition) is 2. The Kier molecular flexibility index (Phi) is 7.48. The molecule has 0 aliphatic carbocycles. The van der Waals surface area contributed by atoms with Gasteiger partial charge >= 0.3 is 0 Å². The SMILES string of the molecule is C[C@H](NC(=O)c1ccccc1NC(=O)CO/N=C\c1ccccc1F)c1ccccc1. The van der Waals surface area contributed by atoms with Crippen molar-refractivity contribution < 1.29 is 18.8 Å². The van der Waals surface area contributed by atoms with E-state index in [-0.39, 0.29) is 24.1 Å². The molecule has 0 bridgehead atoms. The lowest BCUT2D eigenvalue weighted by Crippen LogP contribution is -2.28. The summed E-state index contributed by atoms with van der Waals surface area (Å²) in [4.78, 5) is 29.9. The molecule has 3 aromatic rings. The third-order valence-electron chi connectivity index (χ3n) is 4.46. The number of nitrogens with zero attached hydrogens (tertiary/aromatic N) is 1. The van der Waals surface area contributed by atoms with Gasteiger partial charge in [-0.1, -0.05) is 65.8 Å². The Labute approximate surface area is 179 Å². The zero-order valence-corrected chi connectivity index (χ0v) is 16.9. The van der Waals surface area contributed by atoms with E-state index in [9.17, 15) is 14.0 Å². The number of rotatable bonds is 8. The topological polar surface area (TPSA) is 79.8 Å². The van der Waals surface area contributed by atoms with Crippen LogP contribution in [-0.4, -0.2) is 24.6 Å². The van der Waals surface area contributed by atoms with Crippen molar-refractivity contribution >= 4 is 23.7 Å². The number of halogens is 1. The predicted molar refractivity (Wildman–Crippen MR) is 117 cm³/mol. The van der Waals surface area contributed by atoms with Crippen LogP contribution in [0.25, 0.3) is 0 Å². The lowest BCUT2D eigenvalue weighted by Gasteiger charge is -2.16. The third kappa shape index (κ3) is 6.24. The van der Waals surface area contributed by atoms with Gasteiger partial charge in [0.15, 0.2) is 6.61 Å². The molecule has 2 N–H and O–H groups in total. The standard InChI is InChI=1S/C24H22FN3O3/c1-17(18-9-3-2-4-10-18)27-24(30)20-12-6-8-14-22(20)28-23(29)16-31-26-15-19-11-5-7-13-21(19)25/h2-15,17H,16H2,1H3,(H,27,30)(H,28,29)/b26-15-/t17-/m0/s1. The highest BCUT2D eigenvalue weighted by molar-refractivity contribution is 6.04. The van der Waals surface area contributed by atoms with Crippen molar-refractivity contribution in [2.24, 2.45) is 5.16 Å². The smallest absolute Gasteiger partial charge is 0.265 e. The fourth-order valence-corrected chi connectivity index (χ4v) is 2.85. The number of benzene rings is 3. The monoisotopic (exact) mass is 419 g/mol. The molecule has 1 atom stereocenters. The summed E-state index contributed by atoms with van der Waals surface area (Å²) in [6, 6.07) is 22.1. The Balaban J connectivity index is 1.57. The summed E-state index contributed by atoms with van der Waals surface area (Å²) in [5.74, 6) is -1.25. The molecule has 7 heteroatoms. The largest absolute Gasteiger partial charge is 0.386 e. The normalized spacial score (nSPS) is 11.7. The van der Waals surface area contributed by atoms with Gasteiger partial charge in [0.25, 0.3) is 11.8 Å². The minimum Gasteiger partial charge on any atom is -0.386 e. The number of nitrogens with one attached hydrogen (secondary N) is 2. The van der Waals surface area contributed by atoms with Gasteiger partial charge in [0.2, 0.25) is 0 Å². The Morgan fingerprint density at radius 2 is 1.68 bits per heavy atom. The van der Waals surface area contributed by atoms with Gasteiger partial charge in [-0.05, 0) is 30.7 Å². The van der Waals surface area contributed by atoms with Crippen molar-refractivity contribution in [3.8, 4) is 0 Å². The van der Waals surface area contributed by atoms with Crippen molar-refractivity contribution in [1.29, 1.82) is 0 Å². The summed E-state index contributed by atoms with van der Waals surface area (Å²) in [5, 5.41) is 9.17. The molecule has 0 unspecified atom stereocenters. The van der Waals surface area contributed by atoms with Gasteiger partial charge in [0.05, 0.1) is 23.5 Å². The van der Waals surface area contributed by atoms with Gasteiger partial charge in [0, 0.05) is 5.56 Å². The minimum absolute atomic E-state index is 0.200. The van der Waals surface area contributed by atoms with Crippen molar-refractivity contribution in [3.05, 3.63) is 101 Å². The second-order valence-electron chi connectivity index (χ2n) is 6.73. The lowest BCUT2D eigenvalue weighted by atomic mass is 10.1. The van der Waals surface area contributed by atoms with E-state index in [1.807, 2.05) is 37.3 Å². The van der Waals surface area contributed by atoms with Gasteiger partial charge in [-0.3, -0.25) is 9.59 Å². The second kappa shape index (κ2) is 10.7. The van der Waals surface area contributed by atoms with Crippen molar-refractivity contribution in [2.45, 2.75) is 13.0 Å². The minimum atomic E-state index is -0.498. The van der Waals surface area contributed by atoms with Gasteiger partial charge in [0.1, 0.15) is 5.82 Å². The van der Waals surface area contributed by atoms with E-state index in [4.69, 9.17) is 4.84 Å². The maximum absolute atomic E-state index is 13.5. The number of carbonyl (C=O) groups excluding carboxylic acids is 2. The van der Waals surface area contributed by atoms with Crippen molar-refractivity contribution in [3.63, 3.8) is 0 Å². The van der Waals surface area contributed by atoms with Gasteiger partial charge in [-0.2, -0.15) is 0 Å². The molecule has 3 rings (SSSR count). The molecule has 0 heterocycles. The summed E-state index contributed by atoms with van der Waals surface area (Å²) in [6.07, 6.45) is 1.19. The summed E-state index contributed by atoms with van der Waals surface area (Å²) in [6.45, 7) is 1.50. The average molecular weight is 419 g/mol. The molecule has 0 fully saturated rings. The fraction of sp³-hybridized carbons (Fsp3) is 0.125. The molecule has 0 saturated carbocycles. The fourth-order valence-electron chi connectivity index (χ4n) is 2.85. The summed E-state index contributed by atoms with van der Waals surface area (Å²) in [7, 11) is 0. The van der Waals surface area contributed by atoms with Crippen LogP contribution in [0.3, 0.4) is 0 Å². The van der Waals surface area contributed by atoms with E-state index in [0.29, 0.717) is 11.3 Å². The molecule has 2 amide bonds. The number of hydrogen-bond acceptors (Lipinski definition) is 4. The first-order valence-electron chi connectivity index (χ1n) is 9.69. The molecule has 6 nitrogen and oxygen atoms in total. The van der Waals surface area contributed by atoms with Crippen LogP contribution in [0.2, 0.25) is 0 Å². The molecule has 0 aliphatic rings. The van der Waals surface area contributed by atoms with E-state index in [2.05, 4.69) is 15.8 Å². The van der Waals surface area contributed by atoms with Gasteiger partial charge in [-0.25, -0.2) is 4.39 Å². The Hall–Kier alpha value is -4.00. The van der Waals surface area contributed by atoms with Crippen LogP contribution in [0.15, 0.2) is 84.0 Å². The third-order valence-corrected chi connectivity index (χ3v) is 4.46. The first-order valence-corrected chi connectivity index (χ1v) is 9.69. The number of para-hydroxylation sites is 1. The highest BCUT2D eigenvalue weighted by atomic mass is 19.1. The van der Waals surface area contributed by atoms with Crippen LogP contribution >= 0.6 is 0 Å². The lowest BCUT2D eigenvalue weighted by molar-refractivity contribution is -0.120. The van der Waals surface area contributed by atoms with Gasteiger partial charge in [-0.15, -0.1) is 0 Å². The Bertz CT molecular complexity index is 1070. The van der Waals surface area contributed by atoms with Crippen LogP contribution in [0.1, 0.15) is 34.5 Å². The van der Waals surface area contributed by atoms with E-state index in [1.165, 1.54) is 18.3 Å². The molecule has 0 saturated heterocycles. The predicted octanol–water partition coefficient (Wildman–Crippen LogP) is 4.31. The molecule has 3 aromatic carbocycles. The maximum Gasteiger partial charge on any atom is 0.265 e. The number of amides is 2. The highest BCUT2D eigenvalue weighted by Crippen LogP contribution is 2.18. The molecule has 158 valence electrons. The van der Waals surface area contributed by atoms with Crippen LogP contribution in [-0.2, 0) is 9.63 Å². The van der Waals surface area contributed by atoms with Crippen molar-refractivity contribution in [2.75, 3.05) is 11.9 Å². The van der Waals surface area contributed by atoms with Crippen LogP contribution in [0, 0.1) is 5.82 Å². The molecular formula is C24H22FN3O3. The van der Waals surface area contributed by atoms with E-state index in [1.54, 1.807) is 36.4 Å². The molecule has 0 aromatic heterocycles. The number of carbonyl (C=O) groups is 2. The average Bonchev–Trinajstić information content (AvgIpc) is 2.78. The Morgan fingerprint density at radius 3 is 2.45 bits per heavy atom. The van der Waals surface area contributed by atoms with Crippen LogP contribution < -0.4 is 10.6 Å². The summed E-state index contributed by atoms with van der Waals surface area (Å²) in [5.41, 5.74) is 1.90. The first kappa shape index (κ1) is 21.7. The first-order chi connectivity index (χ1) is 15.0. The quantitative estimate of drug-likeness (QED) is 0.422. The second-order valence-corrected chi connectivity index (χ2v) is 6.73. The Morgan fingerprint density at radius 1 is 1.00 bits per heavy atom. The van der Waals surface area contributed by atoms with Crippen molar-refractivity contribution in [1.82, 2.24) is 5.32 Å². The van der Waals surface area contributed by atoms with Gasteiger partial charge < -0.3 is 15.5 Å². The van der Waals surface area contributed by atoms with Crippen LogP contribution in [0.4, 0.5) is 10.1 Å². The molecule has 31 heavy (non-hydrogen) atoms. The maximum atomic E-state index is 13.5. The van der Waals surface area contributed by atoms with E-state index in [0.717, 1.165) is 5.56 Å². The molecule has 0 aliphatic heterocycles. The summed E-state index contributed by atoms with van der Waals surface area (Å²) >= 11 is 0. The van der Waals surface area contributed by atoms with E-state index >= 15 is 0 Å². The highest BCUT2D eigenvalue weighted by Gasteiger charge is 2.16. The molecule has 0 spiro atoms. The number of anilines is 1. The summed E-state index contributed by atoms with van der Waals surface area (Å²) < 4.78 is 13.5. The molecule has 0 radical (unpaired) electrons. The number of oxime groups is 1. The zero-order chi connectivity index (χ0) is 22.1. The molecular weight excluding hydrogens is 397 g/mol.